The molecular weight excluding hydrogens is 362 g/mol. The highest BCUT2D eigenvalue weighted by Crippen LogP contribution is 2.23. The van der Waals surface area contributed by atoms with Crippen molar-refractivity contribution in [2.45, 2.75) is 6.92 Å². The van der Waals surface area contributed by atoms with E-state index < -0.39 is 10.8 Å². The zero-order valence-corrected chi connectivity index (χ0v) is 13.1. The molecule has 0 radical (unpaired) electrons. The van der Waals surface area contributed by atoms with Gasteiger partial charge in [0.2, 0.25) is 0 Å². The summed E-state index contributed by atoms with van der Waals surface area (Å²) in [7, 11) is 0. The number of nitrogens with one attached hydrogen (secondary N) is 1. The van der Waals surface area contributed by atoms with Crippen molar-refractivity contribution in [1.29, 1.82) is 0 Å². The van der Waals surface area contributed by atoms with E-state index in [9.17, 15) is 14.9 Å². The Morgan fingerprint density at radius 2 is 2.14 bits per heavy atom. The second kappa shape index (κ2) is 6.19. The first kappa shape index (κ1) is 15.4. The number of carbonyl (C=O) groups excluding carboxylic acids is 1. The number of hydrogen-bond donors (Lipinski definition) is 1. The molecule has 0 aliphatic rings. The van der Waals surface area contributed by atoms with Gasteiger partial charge in [-0.05, 0) is 41.1 Å². The van der Waals surface area contributed by atoms with Crippen LogP contribution in [0.15, 0.2) is 34.9 Å². The molecule has 0 aliphatic carbocycles. The van der Waals surface area contributed by atoms with E-state index in [0.29, 0.717) is 15.7 Å². The molecule has 108 valence electrons. The number of hydrogen-bond acceptors (Lipinski definition) is 4. The van der Waals surface area contributed by atoms with E-state index in [-0.39, 0.29) is 16.4 Å². The minimum Gasteiger partial charge on any atom is -0.322 e. The Labute approximate surface area is 133 Å². The first-order chi connectivity index (χ1) is 9.88. The Morgan fingerprint density at radius 1 is 1.43 bits per heavy atom. The standard InChI is InChI=1S/C13H9BrClN3O3/c1-7-4-9(2-3-11(7)18(20)21)17-13(19)10-5-8(14)6-16-12(10)15/h2-6H,1H3,(H,17,19). The third-order valence-corrected chi connectivity index (χ3v) is 3.44. The topological polar surface area (TPSA) is 85.1 Å². The summed E-state index contributed by atoms with van der Waals surface area (Å²) in [6.07, 6.45) is 1.48. The van der Waals surface area contributed by atoms with Gasteiger partial charge in [0.1, 0.15) is 5.15 Å². The molecule has 0 bridgehead atoms. The number of nitrogens with zero attached hydrogens (tertiary/aromatic N) is 2. The summed E-state index contributed by atoms with van der Waals surface area (Å²) >= 11 is 9.08. The third kappa shape index (κ3) is 3.56. The van der Waals surface area contributed by atoms with Crippen LogP contribution in [0.2, 0.25) is 5.15 Å². The van der Waals surface area contributed by atoms with Crippen molar-refractivity contribution in [3.8, 4) is 0 Å². The van der Waals surface area contributed by atoms with Crippen molar-refractivity contribution < 1.29 is 9.72 Å². The smallest absolute Gasteiger partial charge is 0.272 e. The molecule has 1 N–H and O–H groups in total. The lowest BCUT2D eigenvalue weighted by atomic mass is 10.1. The van der Waals surface area contributed by atoms with Crippen LogP contribution >= 0.6 is 27.5 Å². The fourth-order valence-corrected chi connectivity index (χ4v) is 2.24. The molecular formula is C13H9BrClN3O3. The zero-order valence-electron chi connectivity index (χ0n) is 10.8. The molecule has 21 heavy (non-hydrogen) atoms. The molecule has 6 nitrogen and oxygen atoms in total. The number of amides is 1. The Kier molecular flexibility index (Phi) is 4.54. The number of benzene rings is 1. The fraction of sp³-hybridized carbons (Fsp3) is 0.0769. The van der Waals surface area contributed by atoms with Crippen molar-refractivity contribution >= 4 is 44.8 Å². The highest BCUT2D eigenvalue weighted by Gasteiger charge is 2.15. The Balaban J connectivity index is 2.26. The molecule has 8 heteroatoms. The van der Waals surface area contributed by atoms with Gasteiger partial charge in [0.15, 0.2) is 0 Å². The number of nitro groups is 1. The maximum Gasteiger partial charge on any atom is 0.272 e. The molecule has 1 aromatic carbocycles. The van der Waals surface area contributed by atoms with Crippen LogP contribution in [0.5, 0.6) is 0 Å². The summed E-state index contributed by atoms with van der Waals surface area (Å²) in [4.78, 5) is 26.3. The lowest BCUT2D eigenvalue weighted by Gasteiger charge is -2.07. The van der Waals surface area contributed by atoms with Gasteiger partial charge in [-0.15, -0.1) is 0 Å². The molecule has 0 atom stereocenters. The highest BCUT2D eigenvalue weighted by atomic mass is 79.9. The molecule has 0 spiro atoms. The maximum atomic E-state index is 12.1. The highest BCUT2D eigenvalue weighted by molar-refractivity contribution is 9.10. The molecule has 1 aromatic heterocycles. The van der Waals surface area contributed by atoms with Crippen LogP contribution in [0, 0.1) is 17.0 Å². The number of nitro benzene ring substituents is 1. The van der Waals surface area contributed by atoms with E-state index in [4.69, 9.17) is 11.6 Å². The second-order valence-electron chi connectivity index (χ2n) is 4.20. The predicted molar refractivity (Wildman–Crippen MR) is 82.7 cm³/mol. The van der Waals surface area contributed by atoms with Crippen molar-refractivity contribution in [3.63, 3.8) is 0 Å². The molecule has 0 fully saturated rings. The van der Waals surface area contributed by atoms with Crippen LogP contribution in [0.3, 0.4) is 0 Å². The van der Waals surface area contributed by atoms with Gasteiger partial charge < -0.3 is 5.32 Å². The average Bonchev–Trinajstić information content (AvgIpc) is 2.41. The number of pyridine rings is 1. The van der Waals surface area contributed by atoms with Gasteiger partial charge in [-0.2, -0.15) is 0 Å². The van der Waals surface area contributed by atoms with Crippen molar-refractivity contribution in [2.75, 3.05) is 5.32 Å². The summed E-state index contributed by atoms with van der Waals surface area (Å²) in [6, 6.07) is 5.87. The molecule has 1 heterocycles. The average molecular weight is 371 g/mol. The van der Waals surface area contributed by atoms with Gasteiger partial charge in [-0.1, -0.05) is 11.6 Å². The first-order valence-electron chi connectivity index (χ1n) is 5.76. The number of aryl methyl sites for hydroxylation is 1. The number of aromatic nitrogens is 1. The molecule has 1 amide bonds. The predicted octanol–water partition coefficient (Wildman–Crippen LogP) is 3.97. The van der Waals surface area contributed by atoms with Gasteiger partial charge in [-0.25, -0.2) is 4.98 Å². The van der Waals surface area contributed by atoms with Crippen LogP contribution in [0.4, 0.5) is 11.4 Å². The first-order valence-corrected chi connectivity index (χ1v) is 6.93. The molecule has 0 aliphatic heterocycles. The van der Waals surface area contributed by atoms with Gasteiger partial charge in [0, 0.05) is 28.0 Å². The Hall–Kier alpha value is -1.99. The monoisotopic (exact) mass is 369 g/mol. The van der Waals surface area contributed by atoms with Gasteiger partial charge >= 0.3 is 0 Å². The van der Waals surface area contributed by atoms with Crippen LogP contribution in [-0.2, 0) is 0 Å². The van der Waals surface area contributed by atoms with Crippen LogP contribution in [0.25, 0.3) is 0 Å². The minimum absolute atomic E-state index is 0.00449. The van der Waals surface area contributed by atoms with Crippen molar-refractivity contribution in [3.05, 3.63) is 61.3 Å². The van der Waals surface area contributed by atoms with Crippen LogP contribution in [0.1, 0.15) is 15.9 Å². The number of halogens is 2. The van der Waals surface area contributed by atoms with Crippen LogP contribution < -0.4 is 5.32 Å². The van der Waals surface area contributed by atoms with Gasteiger partial charge in [0.05, 0.1) is 10.5 Å². The minimum atomic E-state index is -0.476. The van der Waals surface area contributed by atoms with Gasteiger partial charge in [0.25, 0.3) is 11.6 Å². The normalized spacial score (nSPS) is 10.2. The van der Waals surface area contributed by atoms with E-state index in [1.165, 1.54) is 24.4 Å². The lowest BCUT2D eigenvalue weighted by Crippen LogP contribution is -2.13. The summed E-state index contributed by atoms with van der Waals surface area (Å²) in [5.41, 5.74) is 1.10. The molecule has 0 saturated heterocycles. The fourth-order valence-electron chi connectivity index (χ4n) is 1.72. The lowest BCUT2D eigenvalue weighted by molar-refractivity contribution is -0.385. The Morgan fingerprint density at radius 3 is 2.76 bits per heavy atom. The Bertz CT molecular complexity index is 737. The molecule has 2 rings (SSSR count). The van der Waals surface area contributed by atoms with Crippen LogP contribution in [-0.4, -0.2) is 15.8 Å². The zero-order chi connectivity index (χ0) is 15.6. The summed E-state index contributed by atoms with van der Waals surface area (Å²) < 4.78 is 0.622. The van der Waals surface area contributed by atoms with E-state index in [1.807, 2.05) is 0 Å². The second-order valence-corrected chi connectivity index (χ2v) is 5.48. The van der Waals surface area contributed by atoms with Gasteiger partial charge in [-0.3, -0.25) is 14.9 Å². The third-order valence-electron chi connectivity index (χ3n) is 2.70. The van der Waals surface area contributed by atoms with E-state index >= 15 is 0 Å². The SMILES string of the molecule is Cc1cc(NC(=O)c2cc(Br)cnc2Cl)ccc1[N+](=O)[O-]. The summed E-state index contributed by atoms with van der Waals surface area (Å²) in [6.45, 7) is 1.60. The van der Waals surface area contributed by atoms with Crippen molar-refractivity contribution in [2.24, 2.45) is 0 Å². The van der Waals surface area contributed by atoms with Crippen molar-refractivity contribution in [1.82, 2.24) is 4.98 Å². The van der Waals surface area contributed by atoms with E-state index in [2.05, 4.69) is 26.2 Å². The summed E-state index contributed by atoms with van der Waals surface area (Å²) in [5.74, 6) is -0.443. The molecule has 0 saturated carbocycles. The maximum absolute atomic E-state index is 12.1. The molecule has 2 aromatic rings. The molecule has 0 unspecified atom stereocenters. The largest absolute Gasteiger partial charge is 0.322 e. The van der Waals surface area contributed by atoms with E-state index in [0.717, 1.165) is 0 Å². The summed E-state index contributed by atoms with van der Waals surface area (Å²) in [5, 5.41) is 13.5. The number of anilines is 1. The van der Waals surface area contributed by atoms with E-state index in [1.54, 1.807) is 13.0 Å². The number of carbonyl (C=O) groups is 1. The number of rotatable bonds is 3. The quantitative estimate of drug-likeness (QED) is 0.503.